The maximum Gasteiger partial charge on any atom is -0.0169 e. The van der Waals surface area contributed by atoms with E-state index >= 15 is 0 Å². The van der Waals surface area contributed by atoms with Crippen molar-refractivity contribution in [2.45, 2.75) is 51.9 Å². The first-order valence-electron chi connectivity index (χ1n) is 6.47. The molecule has 0 aromatic rings. The Morgan fingerprint density at radius 2 is 1.31 bits per heavy atom. The molecule has 0 rings (SSSR count). The average Bonchev–Trinajstić information content (AvgIpc) is 2.31. The summed E-state index contributed by atoms with van der Waals surface area (Å²) >= 11 is 0. The lowest BCUT2D eigenvalue weighted by Crippen LogP contribution is -1.70. The molecule has 0 aliphatic heterocycles. The first-order chi connectivity index (χ1) is 7.91. The summed E-state index contributed by atoms with van der Waals surface area (Å²) in [6.45, 7) is 5.91. The summed E-state index contributed by atoms with van der Waals surface area (Å²) in [5.74, 6) is 0. The number of hydrogen-bond donors (Lipinski definition) is 0. The van der Waals surface area contributed by atoms with Crippen molar-refractivity contribution in [3.63, 3.8) is 0 Å². The largest absolute Gasteiger partial charge is 0.103 e. The van der Waals surface area contributed by atoms with Crippen LogP contribution in [-0.2, 0) is 0 Å². The molecule has 0 amide bonds. The minimum atomic E-state index is 0.977. The van der Waals surface area contributed by atoms with Gasteiger partial charge in [-0.15, -0.1) is 6.58 Å². The summed E-state index contributed by atoms with van der Waals surface area (Å²) in [6.07, 6.45) is 23.6. The molecule has 0 atom stereocenters. The van der Waals surface area contributed by atoms with Crippen LogP contribution in [0.15, 0.2) is 49.1 Å². The Balaban J connectivity index is 3.29. The van der Waals surface area contributed by atoms with E-state index in [0.29, 0.717) is 0 Å². The molecule has 0 unspecified atom stereocenters. The van der Waals surface area contributed by atoms with Crippen LogP contribution in [0.5, 0.6) is 0 Å². The molecule has 0 spiro atoms. The van der Waals surface area contributed by atoms with Crippen molar-refractivity contribution in [2.75, 3.05) is 0 Å². The summed E-state index contributed by atoms with van der Waals surface area (Å²) < 4.78 is 0. The van der Waals surface area contributed by atoms with E-state index in [4.69, 9.17) is 0 Å². The Labute approximate surface area is 101 Å². The molecule has 0 N–H and O–H groups in total. The van der Waals surface area contributed by atoms with Gasteiger partial charge in [0, 0.05) is 0 Å². The van der Waals surface area contributed by atoms with Gasteiger partial charge in [0.1, 0.15) is 0 Å². The van der Waals surface area contributed by atoms with E-state index < -0.39 is 0 Å². The van der Waals surface area contributed by atoms with Gasteiger partial charge >= 0.3 is 0 Å². The van der Waals surface area contributed by atoms with Gasteiger partial charge in [0.05, 0.1) is 0 Å². The van der Waals surface area contributed by atoms with E-state index in [1.807, 2.05) is 6.08 Å². The van der Waals surface area contributed by atoms with Gasteiger partial charge in [-0.2, -0.15) is 0 Å². The molecular formula is C16H26. The van der Waals surface area contributed by atoms with E-state index in [9.17, 15) is 0 Å². The van der Waals surface area contributed by atoms with Crippen molar-refractivity contribution in [1.82, 2.24) is 0 Å². The molecule has 0 aliphatic rings. The fourth-order valence-corrected chi connectivity index (χ4v) is 1.36. The first kappa shape index (κ1) is 15.0. The second-order valence-electron chi connectivity index (χ2n) is 3.91. The Morgan fingerprint density at radius 3 is 1.88 bits per heavy atom. The summed E-state index contributed by atoms with van der Waals surface area (Å²) in [4.78, 5) is 0. The van der Waals surface area contributed by atoms with E-state index in [1.54, 1.807) is 0 Å². The molecule has 0 bridgehead atoms. The van der Waals surface area contributed by atoms with Gasteiger partial charge in [0.25, 0.3) is 0 Å². The molecule has 0 saturated heterocycles. The molecule has 0 aromatic heterocycles. The van der Waals surface area contributed by atoms with Crippen LogP contribution in [0, 0.1) is 0 Å². The van der Waals surface area contributed by atoms with Gasteiger partial charge < -0.3 is 0 Å². The van der Waals surface area contributed by atoms with E-state index in [2.05, 4.69) is 50.0 Å². The van der Waals surface area contributed by atoms with Crippen LogP contribution in [0.1, 0.15) is 51.9 Å². The molecule has 0 saturated carbocycles. The van der Waals surface area contributed by atoms with Gasteiger partial charge in [-0.3, -0.25) is 0 Å². The van der Waals surface area contributed by atoms with Crippen molar-refractivity contribution in [2.24, 2.45) is 0 Å². The third-order valence-electron chi connectivity index (χ3n) is 2.32. The number of unbranched alkanes of at least 4 members (excludes halogenated alkanes) is 3. The summed E-state index contributed by atoms with van der Waals surface area (Å²) in [5, 5.41) is 0. The lowest BCUT2D eigenvalue weighted by atomic mass is 10.2. The topological polar surface area (TPSA) is 0 Å². The molecule has 0 heteroatoms. The van der Waals surface area contributed by atoms with Crippen molar-refractivity contribution in [3.05, 3.63) is 49.1 Å². The fraction of sp³-hybridized carbons (Fsp3) is 0.500. The highest BCUT2D eigenvalue weighted by Crippen LogP contribution is 2.00. The van der Waals surface area contributed by atoms with Crippen molar-refractivity contribution >= 4 is 0 Å². The molecule has 0 radical (unpaired) electrons. The lowest BCUT2D eigenvalue weighted by molar-refractivity contribution is 0.728. The predicted molar refractivity (Wildman–Crippen MR) is 75.6 cm³/mol. The minimum absolute atomic E-state index is 0.977. The normalized spacial score (nSPS) is 12.1. The highest BCUT2D eigenvalue weighted by atomic mass is 13.9. The van der Waals surface area contributed by atoms with Crippen LogP contribution >= 0.6 is 0 Å². The highest BCUT2D eigenvalue weighted by molar-refractivity contribution is 4.98. The maximum absolute atomic E-state index is 3.67. The Hall–Kier alpha value is -1.04. The maximum atomic E-state index is 3.67. The highest BCUT2D eigenvalue weighted by Gasteiger charge is 1.80. The predicted octanol–water partition coefficient (Wildman–Crippen LogP) is 5.59. The monoisotopic (exact) mass is 218 g/mol. The lowest BCUT2D eigenvalue weighted by Gasteiger charge is -1.90. The third-order valence-corrected chi connectivity index (χ3v) is 2.32. The van der Waals surface area contributed by atoms with Crippen molar-refractivity contribution in [1.29, 1.82) is 0 Å². The smallest absolute Gasteiger partial charge is 0.0169 e. The van der Waals surface area contributed by atoms with Crippen LogP contribution in [0.4, 0.5) is 0 Å². The SMILES string of the molecule is C=CC/C=C\C/C=C\C/C=C\CCCCC. The molecule has 0 aliphatic carbocycles. The van der Waals surface area contributed by atoms with Gasteiger partial charge in [-0.25, -0.2) is 0 Å². The molecular weight excluding hydrogens is 192 g/mol. The van der Waals surface area contributed by atoms with E-state index in [-0.39, 0.29) is 0 Å². The Kier molecular flexibility index (Phi) is 13.1. The Morgan fingerprint density at radius 1 is 0.750 bits per heavy atom. The summed E-state index contributed by atoms with van der Waals surface area (Å²) in [6, 6.07) is 0. The van der Waals surface area contributed by atoms with Crippen molar-refractivity contribution in [3.8, 4) is 0 Å². The zero-order chi connectivity index (χ0) is 11.9. The number of hydrogen-bond acceptors (Lipinski definition) is 0. The van der Waals surface area contributed by atoms with Gasteiger partial charge in [0.2, 0.25) is 0 Å². The van der Waals surface area contributed by atoms with Crippen LogP contribution in [-0.4, -0.2) is 0 Å². The minimum Gasteiger partial charge on any atom is -0.103 e. The average molecular weight is 218 g/mol. The molecule has 0 fully saturated rings. The third kappa shape index (κ3) is 13.0. The number of rotatable bonds is 10. The van der Waals surface area contributed by atoms with Crippen LogP contribution in [0.2, 0.25) is 0 Å². The van der Waals surface area contributed by atoms with Gasteiger partial charge in [0.15, 0.2) is 0 Å². The zero-order valence-corrected chi connectivity index (χ0v) is 10.7. The van der Waals surface area contributed by atoms with Crippen LogP contribution < -0.4 is 0 Å². The quantitative estimate of drug-likeness (QED) is 0.331. The molecule has 0 nitrogen and oxygen atoms in total. The number of allylic oxidation sites excluding steroid dienone is 7. The fourth-order valence-electron chi connectivity index (χ4n) is 1.36. The molecule has 0 aromatic carbocycles. The second kappa shape index (κ2) is 14.0. The standard InChI is InChI=1S/C16H26/c1-3-5-7-9-11-13-15-16-14-12-10-8-6-4-2/h3,7,9,12-15H,1,4-6,8,10-11,16H2,2H3/b9-7-,14-12-,15-13-. The van der Waals surface area contributed by atoms with Gasteiger partial charge in [-0.1, -0.05) is 62.3 Å². The zero-order valence-electron chi connectivity index (χ0n) is 10.7. The molecule has 90 valence electrons. The van der Waals surface area contributed by atoms with E-state index in [0.717, 1.165) is 19.3 Å². The molecule has 16 heavy (non-hydrogen) atoms. The van der Waals surface area contributed by atoms with E-state index in [1.165, 1.54) is 25.7 Å². The molecule has 0 heterocycles. The first-order valence-corrected chi connectivity index (χ1v) is 6.47. The Bertz CT molecular complexity index is 218. The second-order valence-corrected chi connectivity index (χ2v) is 3.91. The van der Waals surface area contributed by atoms with Gasteiger partial charge in [-0.05, 0) is 32.1 Å². The van der Waals surface area contributed by atoms with Crippen LogP contribution in [0.3, 0.4) is 0 Å². The van der Waals surface area contributed by atoms with Crippen LogP contribution in [0.25, 0.3) is 0 Å². The van der Waals surface area contributed by atoms with Crippen molar-refractivity contribution < 1.29 is 0 Å². The summed E-state index contributed by atoms with van der Waals surface area (Å²) in [7, 11) is 0. The summed E-state index contributed by atoms with van der Waals surface area (Å²) in [5.41, 5.74) is 0.